The number of nitrogens with zero attached hydrogens (tertiary/aromatic N) is 2. The highest BCUT2D eigenvalue weighted by atomic mass is 16.4. The van der Waals surface area contributed by atoms with Crippen LogP contribution in [0.4, 0.5) is 0 Å². The maximum atomic E-state index is 11.8. The summed E-state index contributed by atoms with van der Waals surface area (Å²) in [4.78, 5) is 23.1. The van der Waals surface area contributed by atoms with Crippen LogP contribution in [0.3, 0.4) is 0 Å². The fourth-order valence-electron chi connectivity index (χ4n) is 2.20. The van der Waals surface area contributed by atoms with Crippen LogP contribution < -0.4 is 5.32 Å². The lowest BCUT2D eigenvalue weighted by atomic mass is 9.98. The van der Waals surface area contributed by atoms with E-state index in [0.29, 0.717) is 6.42 Å². The SMILES string of the molecule is Cc1cccc(C[C@H](CNC(=O)Cn2cccn2)C(=O)O)c1. The van der Waals surface area contributed by atoms with E-state index in [-0.39, 0.29) is 19.0 Å². The number of carbonyl (C=O) groups is 2. The van der Waals surface area contributed by atoms with Crippen LogP contribution in [0, 0.1) is 12.8 Å². The summed E-state index contributed by atoms with van der Waals surface area (Å²) in [5.74, 6) is -1.82. The first-order valence-electron chi connectivity index (χ1n) is 7.07. The molecule has 6 heteroatoms. The summed E-state index contributed by atoms with van der Waals surface area (Å²) < 4.78 is 1.49. The molecule has 22 heavy (non-hydrogen) atoms. The number of benzene rings is 1. The number of nitrogens with one attached hydrogen (secondary N) is 1. The molecule has 0 saturated heterocycles. The number of hydrogen-bond acceptors (Lipinski definition) is 3. The largest absolute Gasteiger partial charge is 0.481 e. The molecule has 0 radical (unpaired) electrons. The minimum atomic E-state index is -0.916. The van der Waals surface area contributed by atoms with E-state index in [0.717, 1.165) is 11.1 Å². The van der Waals surface area contributed by atoms with Crippen molar-refractivity contribution in [2.75, 3.05) is 6.54 Å². The van der Waals surface area contributed by atoms with Gasteiger partial charge < -0.3 is 10.4 Å². The number of amides is 1. The van der Waals surface area contributed by atoms with Gasteiger partial charge in [0.25, 0.3) is 0 Å². The molecule has 1 heterocycles. The van der Waals surface area contributed by atoms with Crippen molar-refractivity contribution in [2.45, 2.75) is 19.9 Å². The van der Waals surface area contributed by atoms with E-state index in [2.05, 4.69) is 10.4 Å². The molecule has 0 aliphatic carbocycles. The predicted molar refractivity (Wildman–Crippen MR) is 81.2 cm³/mol. The number of rotatable bonds is 7. The topological polar surface area (TPSA) is 84.2 Å². The minimum Gasteiger partial charge on any atom is -0.481 e. The van der Waals surface area contributed by atoms with Gasteiger partial charge in [-0.25, -0.2) is 0 Å². The lowest BCUT2D eigenvalue weighted by molar-refractivity contribution is -0.141. The molecule has 0 aliphatic heterocycles. The van der Waals surface area contributed by atoms with E-state index in [9.17, 15) is 14.7 Å². The average Bonchev–Trinajstić information content (AvgIpc) is 2.96. The Morgan fingerprint density at radius 3 is 2.82 bits per heavy atom. The molecule has 1 aromatic heterocycles. The standard InChI is InChI=1S/C16H19N3O3/c1-12-4-2-5-13(8-12)9-14(16(21)22)10-17-15(20)11-19-7-3-6-18-19/h2-8,14H,9-11H2,1H3,(H,17,20)(H,21,22)/t14-/m1/s1. The third-order valence-corrected chi connectivity index (χ3v) is 3.32. The molecular formula is C16H19N3O3. The van der Waals surface area contributed by atoms with Gasteiger partial charge in [-0.05, 0) is 25.0 Å². The first-order chi connectivity index (χ1) is 10.5. The Labute approximate surface area is 128 Å². The normalized spacial score (nSPS) is 11.9. The van der Waals surface area contributed by atoms with E-state index in [1.165, 1.54) is 4.68 Å². The zero-order valence-corrected chi connectivity index (χ0v) is 12.4. The number of carbonyl (C=O) groups excluding carboxylic acids is 1. The van der Waals surface area contributed by atoms with Gasteiger partial charge in [0.1, 0.15) is 6.54 Å². The molecule has 0 fully saturated rings. The summed E-state index contributed by atoms with van der Waals surface area (Å²) in [6.07, 6.45) is 3.66. The van der Waals surface area contributed by atoms with Crippen molar-refractivity contribution < 1.29 is 14.7 Å². The van der Waals surface area contributed by atoms with Gasteiger partial charge in [-0.1, -0.05) is 29.8 Å². The van der Waals surface area contributed by atoms with Crippen LogP contribution in [0.1, 0.15) is 11.1 Å². The summed E-state index contributed by atoms with van der Waals surface area (Å²) in [7, 11) is 0. The van der Waals surface area contributed by atoms with Gasteiger partial charge in [0.05, 0.1) is 5.92 Å². The molecular weight excluding hydrogens is 282 g/mol. The monoisotopic (exact) mass is 301 g/mol. The highest BCUT2D eigenvalue weighted by molar-refractivity contribution is 5.77. The zero-order valence-electron chi connectivity index (χ0n) is 12.4. The fourth-order valence-corrected chi connectivity index (χ4v) is 2.20. The Hall–Kier alpha value is -2.63. The van der Waals surface area contributed by atoms with Gasteiger partial charge in [0, 0.05) is 18.9 Å². The van der Waals surface area contributed by atoms with Gasteiger partial charge in [-0.2, -0.15) is 5.10 Å². The number of aliphatic carboxylic acids is 1. The molecule has 0 spiro atoms. The van der Waals surface area contributed by atoms with Crippen LogP contribution in [0.15, 0.2) is 42.7 Å². The van der Waals surface area contributed by atoms with Crippen LogP contribution >= 0.6 is 0 Å². The maximum absolute atomic E-state index is 11.8. The lowest BCUT2D eigenvalue weighted by Crippen LogP contribution is -2.36. The summed E-state index contributed by atoms with van der Waals surface area (Å²) in [5.41, 5.74) is 2.04. The first-order valence-corrected chi connectivity index (χ1v) is 7.07. The second-order valence-electron chi connectivity index (χ2n) is 5.24. The molecule has 1 aromatic carbocycles. The second-order valence-corrected chi connectivity index (χ2v) is 5.24. The van der Waals surface area contributed by atoms with Crippen molar-refractivity contribution in [3.8, 4) is 0 Å². The third-order valence-electron chi connectivity index (χ3n) is 3.32. The van der Waals surface area contributed by atoms with Crippen LogP contribution in [0.25, 0.3) is 0 Å². The fraction of sp³-hybridized carbons (Fsp3) is 0.312. The highest BCUT2D eigenvalue weighted by Gasteiger charge is 2.19. The number of carboxylic acid groups (broad SMARTS) is 1. The lowest BCUT2D eigenvalue weighted by Gasteiger charge is -2.14. The molecule has 0 bridgehead atoms. The molecule has 0 saturated carbocycles. The molecule has 0 unspecified atom stereocenters. The van der Waals surface area contributed by atoms with E-state index in [4.69, 9.17) is 0 Å². The molecule has 116 valence electrons. The van der Waals surface area contributed by atoms with E-state index in [1.807, 2.05) is 31.2 Å². The summed E-state index contributed by atoms with van der Waals surface area (Å²) >= 11 is 0. The zero-order chi connectivity index (χ0) is 15.9. The minimum absolute atomic E-state index is 0.0871. The summed E-state index contributed by atoms with van der Waals surface area (Å²) in [6, 6.07) is 9.45. The summed E-state index contributed by atoms with van der Waals surface area (Å²) in [6.45, 7) is 2.15. The van der Waals surface area contributed by atoms with Crippen molar-refractivity contribution in [3.05, 3.63) is 53.9 Å². The Balaban J connectivity index is 1.89. The molecule has 6 nitrogen and oxygen atoms in total. The second kappa shape index (κ2) is 7.40. The van der Waals surface area contributed by atoms with E-state index < -0.39 is 11.9 Å². The molecule has 2 aromatic rings. The smallest absolute Gasteiger partial charge is 0.308 e. The Bertz CT molecular complexity index is 638. The Morgan fingerprint density at radius 1 is 1.36 bits per heavy atom. The van der Waals surface area contributed by atoms with E-state index >= 15 is 0 Å². The Morgan fingerprint density at radius 2 is 2.18 bits per heavy atom. The average molecular weight is 301 g/mol. The van der Waals surface area contributed by atoms with Gasteiger partial charge in [0.2, 0.25) is 5.91 Å². The molecule has 2 rings (SSSR count). The molecule has 1 amide bonds. The highest BCUT2D eigenvalue weighted by Crippen LogP contribution is 2.11. The Kier molecular flexibility index (Phi) is 5.30. The van der Waals surface area contributed by atoms with Crippen LogP contribution in [-0.4, -0.2) is 33.3 Å². The van der Waals surface area contributed by atoms with Crippen molar-refractivity contribution in [3.63, 3.8) is 0 Å². The molecule has 1 atom stereocenters. The summed E-state index contributed by atoms with van der Waals surface area (Å²) in [5, 5.41) is 15.9. The third kappa shape index (κ3) is 4.73. The van der Waals surface area contributed by atoms with Gasteiger partial charge in [-0.15, -0.1) is 0 Å². The van der Waals surface area contributed by atoms with Crippen LogP contribution in [0.5, 0.6) is 0 Å². The molecule has 0 aliphatic rings. The number of hydrogen-bond donors (Lipinski definition) is 2. The quantitative estimate of drug-likeness (QED) is 0.806. The molecule has 2 N–H and O–H groups in total. The number of aryl methyl sites for hydroxylation is 1. The van der Waals surface area contributed by atoms with Gasteiger partial charge in [-0.3, -0.25) is 14.3 Å². The number of carboxylic acids is 1. The van der Waals surface area contributed by atoms with Crippen LogP contribution in [0.2, 0.25) is 0 Å². The predicted octanol–water partition coefficient (Wildman–Crippen LogP) is 1.25. The van der Waals surface area contributed by atoms with E-state index in [1.54, 1.807) is 18.5 Å². The van der Waals surface area contributed by atoms with Crippen molar-refractivity contribution in [1.82, 2.24) is 15.1 Å². The maximum Gasteiger partial charge on any atom is 0.308 e. The van der Waals surface area contributed by atoms with Gasteiger partial charge in [0.15, 0.2) is 0 Å². The van der Waals surface area contributed by atoms with Crippen molar-refractivity contribution >= 4 is 11.9 Å². The van der Waals surface area contributed by atoms with Gasteiger partial charge >= 0.3 is 5.97 Å². The van der Waals surface area contributed by atoms with Crippen molar-refractivity contribution in [1.29, 1.82) is 0 Å². The van der Waals surface area contributed by atoms with Crippen LogP contribution in [-0.2, 0) is 22.6 Å². The van der Waals surface area contributed by atoms with Crippen molar-refractivity contribution in [2.24, 2.45) is 5.92 Å². The number of aromatic nitrogens is 2. The first kappa shape index (κ1) is 15.8.